The number of carbonyl (C=O) groups excluding carboxylic acids is 2. The highest BCUT2D eigenvalue weighted by Gasteiger charge is 2.21. The van der Waals surface area contributed by atoms with E-state index in [-0.39, 0.29) is 23.4 Å². The Hall–Kier alpha value is -2.08. The Balaban J connectivity index is 1.40. The second-order valence-corrected chi connectivity index (χ2v) is 7.61. The van der Waals surface area contributed by atoms with Crippen LogP contribution in [-0.4, -0.2) is 60.9 Å². The second kappa shape index (κ2) is 9.92. The molecule has 1 saturated heterocycles. The number of benzene rings is 2. The molecular weight excluding hydrogens is 397 g/mol. The van der Waals surface area contributed by atoms with Crippen molar-refractivity contribution < 1.29 is 9.59 Å². The molecule has 2 amide bonds. The summed E-state index contributed by atoms with van der Waals surface area (Å²) in [5, 5.41) is 3.37. The van der Waals surface area contributed by atoms with Gasteiger partial charge in [0.2, 0.25) is 5.91 Å². The van der Waals surface area contributed by atoms with Crippen LogP contribution < -0.4 is 5.32 Å². The van der Waals surface area contributed by atoms with E-state index in [4.69, 9.17) is 23.2 Å². The monoisotopic (exact) mass is 419 g/mol. The predicted molar refractivity (Wildman–Crippen MR) is 112 cm³/mol. The van der Waals surface area contributed by atoms with Gasteiger partial charge in [0.25, 0.3) is 5.91 Å². The lowest BCUT2D eigenvalue weighted by Crippen LogP contribution is -2.51. The molecule has 0 bridgehead atoms. The van der Waals surface area contributed by atoms with Gasteiger partial charge in [0.05, 0.1) is 17.1 Å². The van der Waals surface area contributed by atoms with Gasteiger partial charge in [0.1, 0.15) is 0 Å². The Morgan fingerprint density at radius 3 is 2.36 bits per heavy atom. The van der Waals surface area contributed by atoms with Crippen molar-refractivity contribution in [3.8, 4) is 0 Å². The molecule has 1 heterocycles. The lowest BCUT2D eigenvalue weighted by molar-refractivity contribution is -0.131. The van der Waals surface area contributed by atoms with Crippen molar-refractivity contribution in [2.24, 2.45) is 0 Å². The highest BCUT2D eigenvalue weighted by Crippen LogP contribution is 2.20. The Labute approximate surface area is 175 Å². The van der Waals surface area contributed by atoms with E-state index in [2.05, 4.69) is 34.5 Å². The molecule has 0 spiro atoms. The van der Waals surface area contributed by atoms with Crippen molar-refractivity contribution in [2.75, 3.05) is 39.3 Å². The molecule has 0 aromatic heterocycles. The van der Waals surface area contributed by atoms with E-state index in [0.29, 0.717) is 23.7 Å². The fraction of sp³-hybridized carbons (Fsp3) is 0.333. The summed E-state index contributed by atoms with van der Waals surface area (Å²) < 4.78 is 0. The van der Waals surface area contributed by atoms with Crippen molar-refractivity contribution in [1.82, 2.24) is 15.1 Å². The van der Waals surface area contributed by atoms with Gasteiger partial charge in [-0.25, -0.2) is 0 Å². The topological polar surface area (TPSA) is 52.7 Å². The molecule has 0 unspecified atom stereocenters. The van der Waals surface area contributed by atoms with Gasteiger partial charge in [-0.3, -0.25) is 14.5 Å². The average molecular weight is 420 g/mol. The molecule has 148 valence electrons. The zero-order chi connectivity index (χ0) is 19.9. The minimum Gasteiger partial charge on any atom is -0.343 e. The third-order valence-corrected chi connectivity index (χ3v) is 5.41. The van der Waals surface area contributed by atoms with E-state index >= 15 is 0 Å². The quantitative estimate of drug-likeness (QED) is 0.782. The number of carbonyl (C=O) groups is 2. The minimum atomic E-state index is -0.378. The molecule has 2 aromatic rings. The Bertz CT molecular complexity index is 822. The lowest BCUT2D eigenvalue weighted by atomic mass is 10.1. The molecule has 0 aliphatic carbocycles. The maximum Gasteiger partial charge on any atom is 0.253 e. The first-order chi connectivity index (χ1) is 13.5. The van der Waals surface area contributed by atoms with Gasteiger partial charge in [-0.15, -0.1) is 0 Å². The second-order valence-electron chi connectivity index (χ2n) is 6.76. The molecule has 5 nitrogen and oxygen atoms in total. The molecule has 7 heteroatoms. The van der Waals surface area contributed by atoms with Gasteiger partial charge in [0.15, 0.2) is 0 Å². The summed E-state index contributed by atoms with van der Waals surface area (Å²) in [6, 6.07) is 15.1. The molecule has 0 atom stereocenters. The molecule has 1 aliphatic heterocycles. The predicted octanol–water partition coefficient (Wildman–Crippen LogP) is 3.11. The molecule has 0 saturated carbocycles. The van der Waals surface area contributed by atoms with Crippen LogP contribution in [0.4, 0.5) is 0 Å². The normalized spacial score (nSPS) is 14.7. The zero-order valence-corrected chi connectivity index (χ0v) is 17.0. The minimum absolute atomic E-state index is 0.0399. The van der Waals surface area contributed by atoms with Gasteiger partial charge in [-0.2, -0.15) is 0 Å². The van der Waals surface area contributed by atoms with E-state index in [1.165, 1.54) is 11.6 Å². The largest absolute Gasteiger partial charge is 0.343 e. The van der Waals surface area contributed by atoms with Crippen molar-refractivity contribution >= 4 is 35.0 Å². The number of piperazine rings is 1. The van der Waals surface area contributed by atoms with Gasteiger partial charge in [0, 0.05) is 37.7 Å². The van der Waals surface area contributed by atoms with E-state index in [0.717, 1.165) is 26.1 Å². The molecule has 0 radical (unpaired) electrons. The summed E-state index contributed by atoms with van der Waals surface area (Å²) in [5.41, 5.74) is 1.63. The molecule has 1 N–H and O–H groups in total. The lowest BCUT2D eigenvalue weighted by Gasteiger charge is -2.34. The molecule has 28 heavy (non-hydrogen) atoms. The fourth-order valence-corrected chi connectivity index (χ4v) is 3.68. The molecule has 2 aromatic carbocycles. The standard InChI is InChI=1S/C21H23Cl2N3O2/c22-17-6-7-18(19(23)14-17)21(28)24-15-20(27)26-12-10-25(11-13-26)9-8-16-4-2-1-3-5-16/h1-7,14H,8-13,15H2,(H,24,28). The average Bonchev–Trinajstić information content (AvgIpc) is 2.71. The number of nitrogens with one attached hydrogen (secondary N) is 1. The van der Waals surface area contributed by atoms with Crippen LogP contribution in [0, 0.1) is 0 Å². The van der Waals surface area contributed by atoms with Crippen LogP contribution >= 0.6 is 23.2 Å². The highest BCUT2D eigenvalue weighted by atomic mass is 35.5. The van der Waals surface area contributed by atoms with E-state index in [9.17, 15) is 9.59 Å². The summed E-state index contributed by atoms with van der Waals surface area (Å²) in [6.07, 6.45) is 1.01. The highest BCUT2D eigenvalue weighted by molar-refractivity contribution is 6.36. The number of hydrogen-bond donors (Lipinski definition) is 1. The third-order valence-electron chi connectivity index (χ3n) is 4.86. The number of halogens is 2. The Morgan fingerprint density at radius 1 is 0.964 bits per heavy atom. The molecular formula is C21H23Cl2N3O2. The number of hydrogen-bond acceptors (Lipinski definition) is 3. The number of amides is 2. The zero-order valence-electron chi connectivity index (χ0n) is 15.5. The summed E-state index contributed by atoms with van der Waals surface area (Å²) in [5.74, 6) is -0.461. The summed E-state index contributed by atoms with van der Waals surface area (Å²) in [7, 11) is 0. The van der Waals surface area contributed by atoms with Crippen LogP contribution in [-0.2, 0) is 11.2 Å². The first kappa shape index (κ1) is 20.6. The summed E-state index contributed by atoms with van der Waals surface area (Å²) >= 11 is 11.9. The first-order valence-electron chi connectivity index (χ1n) is 9.30. The number of nitrogens with zero attached hydrogens (tertiary/aromatic N) is 2. The summed E-state index contributed by atoms with van der Waals surface area (Å²) in [4.78, 5) is 28.8. The van der Waals surface area contributed by atoms with Crippen molar-refractivity contribution in [3.05, 3.63) is 69.7 Å². The SMILES string of the molecule is O=C(NCC(=O)N1CCN(CCc2ccccc2)CC1)c1ccc(Cl)cc1Cl. The van der Waals surface area contributed by atoms with Gasteiger partial charge >= 0.3 is 0 Å². The molecule has 3 rings (SSSR count). The smallest absolute Gasteiger partial charge is 0.253 e. The van der Waals surface area contributed by atoms with Crippen molar-refractivity contribution in [2.45, 2.75) is 6.42 Å². The van der Waals surface area contributed by atoms with Crippen LogP contribution in [0.1, 0.15) is 15.9 Å². The van der Waals surface area contributed by atoms with E-state index < -0.39 is 0 Å². The maximum absolute atomic E-state index is 12.4. The van der Waals surface area contributed by atoms with Crippen LogP contribution in [0.15, 0.2) is 48.5 Å². The third kappa shape index (κ3) is 5.71. The summed E-state index contributed by atoms with van der Waals surface area (Å²) in [6.45, 7) is 3.97. The van der Waals surface area contributed by atoms with Crippen molar-refractivity contribution in [1.29, 1.82) is 0 Å². The first-order valence-corrected chi connectivity index (χ1v) is 10.1. The van der Waals surface area contributed by atoms with Gasteiger partial charge in [-0.05, 0) is 30.2 Å². The van der Waals surface area contributed by atoms with E-state index in [1.54, 1.807) is 17.0 Å². The molecule has 1 aliphatic rings. The van der Waals surface area contributed by atoms with Crippen molar-refractivity contribution in [3.63, 3.8) is 0 Å². The van der Waals surface area contributed by atoms with Gasteiger partial charge < -0.3 is 10.2 Å². The van der Waals surface area contributed by atoms with Gasteiger partial charge in [-0.1, -0.05) is 53.5 Å². The van der Waals surface area contributed by atoms with Crippen LogP contribution in [0.5, 0.6) is 0 Å². The Morgan fingerprint density at radius 2 is 1.68 bits per heavy atom. The maximum atomic E-state index is 12.4. The van der Waals surface area contributed by atoms with Crippen LogP contribution in [0.3, 0.4) is 0 Å². The van der Waals surface area contributed by atoms with Crippen LogP contribution in [0.25, 0.3) is 0 Å². The Kier molecular flexibility index (Phi) is 7.31. The van der Waals surface area contributed by atoms with E-state index in [1.807, 2.05) is 6.07 Å². The van der Waals surface area contributed by atoms with Crippen LogP contribution in [0.2, 0.25) is 10.0 Å². The fourth-order valence-electron chi connectivity index (χ4n) is 3.19. The number of rotatable bonds is 6. The molecule has 1 fully saturated rings.